The van der Waals surface area contributed by atoms with Gasteiger partial charge in [0.25, 0.3) is 0 Å². The van der Waals surface area contributed by atoms with Crippen LogP contribution in [0.4, 0.5) is 22.0 Å². The summed E-state index contributed by atoms with van der Waals surface area (Å²) in [4.78, 5) is 0. The SMILES string of the molecule is CC(C)(C[C@](O)(CO)C(F)(F)F)c1cc(F)ccc1F. The van der Waals surface area contributed by atoms with Crippen LogP contribution in [-0.2, 0) is 5.41 Å². The minimum absolute atomic E-state index is 0.298. The summed E-state index contributed by atoms with van der Waals surface area (Å²) >= 11 is 0. The number of hydrogen-bond donors (Lipinski definition) is 2. The monoisotopic (exact) mass is 298 g/mol. The van der Waals surface area contributed by atoms with Gasteiger partial charge in [0, 0.05) is 0 Å². The van der Waals surface area contributed by atoms with Crippen LogP contribution in [0.25, 0.3) is 0 Å². The Labute approximate surface area is 112 Å². The van der Waals surface area contributed by atoms with Gasteiger partial charge in [-0.3, -0.25) is 0 Å². The Bertz CT molecular complexity index is 484. The maximum Gasteiger partial charge on any atom is 0.419 e. The van der Waals surface area contributed by atoms with Gasteiger partial charge in [-0.05, 0) is 35.6 Å². The molecular weight excluding hydrogens is 283 g/mol. The predicted molar refractivity (Wildman–Crippen MR) is 62.1 cm³/mol. The molecule has 0 aromatic heterocycles. The fourth-order valence-corrected chi connectivity index (χ4v) is 2.09. The minimum atomic E-state index is -5.08. The highest BCUT2D eigenvalue weighted by Crippen LogP contribution is 2.41. The van der Waals surface area contributed by atoms with Gasteiger partial charge in [0.2, 0.25) is 0 Å². The number of hydrogen-bond acceptors (Lipinski definition) is 2. The first-order valence-corrected chi connectivity index (χ1v) is 5.78. The predicted octanol–water partition coefficient (Wildman–Crippen LogP) is 2.92. The first-order valence-electron chi connectivity index (χ1n) is 5.78. The number of halogens is 5. The van der Waals surface area contributed by atoms with E-state index in [0.717, 1.165) is 18.2 Å². The number of aliphatic hydroxyl groups is 2. The van der Waals surface area contributed by atoms with Gasteiger partial charge in [-0.15, -0.1) is 0 Å². The second-order valence-electron chi connectivity index (χ2n) is 5.37. The number of aliphatic hydroxyl groups excluding tert-OH is 1. The van der Waals surface area contributed by atoms with Crippen molar-refractivity contribution in [2.75, 3.05) is 6.61 Å². The van der Waals surface area contributed by atoms with Crippen LogP contribution in [0.1, 0.15) is 25.8 Å². The van der Waals surface area contributed by atoms with E-state index in [2.05, 4.69) is 0 Å². The topological polar surface area (TPSA) is 40.5 Å². The lowest BCUT2D eigenvalue weighted by atomic mass is 9.75. The number of alkyl halides is 3. The van der Waals surface area contributed by atoms with Crippen molar-refractivity contribution < 1.29 is 32.2 Å². The second-order valence-corrected chi connectivity index (χ2v) is 5.37. The molecule has 0 spiro atoms. The Hall–Kier alpha value is -1.21. The molecule has 0 fully saturated rings. The maximum atomic E-state index is 13.6. The van der Waals surface area contributed by atoms with Crippen LogP contribution in [0, 0.1) is 11.6 Å². The maximum absolute atomic E-state index is 13.6. The van der Waals surface area contributed by atoms with Gasteiger partial charge in [-0.25, -0.2) is 8.78 Å². The van der Waals surface area contributed by atoms with Crippen LogP contribution in [-0.4, -0.2) is 28.6 Å². The molecule has 1 atom stereocenters. The summed E-state index contributed by atoms with van der Waals surface area (Å²) < 4.78 is 65.0. The molecule has 0 radical (unpaired) electrons. The van der Waals surface area contributed by atoms with Crippen molar-refractivity contribution in [1.82, 2.24) is 0 Å². The smallest absolute Gasteiger partial charge is 0.393 e. The molecule has 114 valence electrons. The van der Waals surface area contributed by atoms with Crippen molar-refractivity contribution in [1.29, 1.82) is 0 Å². The molecule has 1 aromatic rings. The standard InChI is InChI=1S/C13H15F5O2/c1-11(2,6-12(20,7-19)13(16,17)18)9-5-8(14)3-4-10(9)15/h3-5,19-20H,6-7H2,1-2H3/t12-/m0/s1. The largest absolute Gasteiger partial charge is 0.419 e. The Balaban J connectivity index is 3.20. The van der Waals surface area contributed by atoms with Crippen molar-refractivity contribution in [3.63, 3.8) is 0 Å². The van der Waals surface area contributed by atoms with Crippen molar-refractivity contribution in [2.45, 2.75) is 37.5 Å². The average Bonchev–Trinajstić information content (AvgIpc) is 2.30. The highest BCUT2D eigenvalue weighted by atomic mass is 19.4. The summed E-state index contributed by atoms with van der Waals surface area (Å²) in [7, 11) is 0. The lowest BCUT2D eigenvalue weighted by Gasteiger charge is -2.36. The van der Waals surface area contributed by atoms with Crippen molar-refractivity contribution in [3.8, 4) is 0 Å². The van der Waals surface area contributed by atoms with Crippen LogP contribution < -0.4 is 0 Å². The zero-order valence-corrected chi connectivity index (χ0v) is 10.9. The molecule has 0 amide bonds. The van der Waals surface area contributed by atoms with Gasteiger partial charge in [-0.1, -0.05) is 13.8 Å². The van der Waals surface area contributed by atoms with Crippen LogP contribution in [0.2, 0.25) is 0 Å². The van der Waals surface area contributed by atoms with Crippen LogP contribution >= 0.6 is 0 Å². The molecule has 0 saturated heterocycles. The fourth-order valence-electron chi connectivity index (χ4n) is 2.09. The lowest BCUT2D eigenvalue weighted by Crippen LogP contribution is -2.52. The Morgan fingerprint density at radius 2 is 1.65 bits per heavy atom. The zero-order valence-electron chi connectivity index (χ0n) is 10.9. The highest BCUT2D eigenvalue weighted by molar-refractivity contribution is 5.27. The van der Waals surface area contributed by atoms with Crippen LogP contribution in [0.5, 0.6) is 0 Å². The zero-order chi connectivity index (χ0) is 15.8. The summed E-state index contributed by atoms with van der Waals surface area (Å²) in [5, 5.41) is 18.3. The van der Waals surface area contributed by atoms with Gasteiger partial charge in [0.1, 0.15) is 11.6 Å². The molecule has 0 saturated carbocycles. The van der Waals surface area contributed by atoms with Crippen LogP contribution in [0.15, 0.2) is 18.2 Å². The van der Waals surface area contributed by atoms with Gasteiger partial charge in [-0.2, -0.15) is 13.2 Å². The minimum Gasteiger partial charge on any atom is -0.393 e. The highest BCUT2D eigenvalue weighted by Gasteiger charge is 2.55. The van der Waals surface area contributed by atoms with Crippen LogP contribution in [0.3, 0.4) is 0 Å². The van der Waals surface area contributed by atoms with Gasteiger partial charge >= 0.3 is 6.18 Å². The van der Waals surface area contributed by atoms with Crippen molar-refractivity contribution in [2.24, 2.45) is 0 Å². The van der Waals surface area contributed by atoms with E-state index in [1.165, 1.54) is 13.8 Å². The molecule has 2 N–H and O–H groups in total. The Kier molecular flexibility index (Phi) is 4.46. The molecular formula is C13H15F5O2. The van der Waals surface area contributed by atoms with E-state index >= 15 is 0 Å². The van der Waals surface area contributed by atoms with E-state index in [1.54, 1.807) is 0 Å². The quantitative estimate of drug-likeness (QED) is 0.839. The molecule has 20 heavy (non-hydrogen) atoms. The van der Waals surface area contributed by atoms with Crippen molar-refractivity contribution in [3.05, 3.63) is 35.4 Å². The van der Waals surface area contributed by atoms with E-state index in [4.69, 9.17) is 5.11 Å². The summed E-state index contributed by atoms with van der Waals surface area (Å²) in [5.74, 6) is -1.67. The summed E-state index contributed by atoms with van der Waals surface area (Å²) in [6.07, 6.45) is -6.08. The fraction of sp³-hybridized carbons (Fsp3) is 0.538. The van der Waals surface area contributed by atoms with Crippen molar-refractivity contribution >= 4 is 0 Å². The van der Waals surface area contributed by atoms with Gasteiger partial charge in [0.05, 0.1) is 6.61 Å². The Morgan fingerprint density at radius 1 is 1.10 bits per heavy atom. The summed E-state index contributed by atoms with van der Waals surface area (Å²) in [5.41, 5.74) is -5.21. The van der Waals surface area contributed by atoms with E-state index < -0.39 is 41.9 Å². The molecule has 0 unspecified atom stereocenters. The third-order valence-corrected chi connectivity index (χ3v) is 3.18. The number of rotatable bonds is 4. The molecule has 0 aliphatic carbocycles. The molecule has 0 heterocycles. The third kappa shape index (κ3) is 3.27. The molecule has 2 nitrogen and oxygen atoms in total. The number of benzene rings is 1. The average molecular weight is 298 g/mol. The van der Waals surface area contributed by atoms with E-state index in [1.807, 2.05) is 0 Å². The van der Waals surface area contributed by atoms with Gasteiger partial charge in [0.15, 0.2) is 5.60 Å². The molecule has 7 heteroatoms. The summed E-state index contributed by atoms with van der Waals surface area (Å²) in [6.45, 7) is 0.908. The summed E-state index contributed by atoms with van der Waals surface area (Å²) in [6, 6.07) is 2.43. The van der Waals surface area contributed by atoms with E-state index in [9.17, 15) is 27.1 Å². The van der Waals surface area contributed by atoms with Gasteiger partial charge < -0.3 is 10.2 Å². The lowest BCUT2D eigenvalue weighted by molar-refractivity contribution is -0.277. The Morgan fingerprint density at radius 3 is 2.10 bits per heavy atom. The second kappa shape index (κ2) is 5.29. The molecule has 0 aliphatic heterocycles. The third-order valence-electron chi connectivity index (χ3n) is 3.18. The molecule has 0 aliphatic rings. The first kappa shape index (κ1) is 16.8. The molecule has 1 rings (SSSR count). The van der Waals surface area contributed by atoms with E-state index in [-0.39, 0.29) is 5.56 Å². The first-order chi connectivity index (χ1) is 8.93. The molecule has 0 bridgehead atoms. The normalized spacial score (nSPS) is 16.1. The molecule has 1 aromatic carbocycles. The van der Waals surface area contributed by atoms with E-state index in [0.29, 0.717) is 0 Å².